The first-order valence-corrected chi connectivity index (χ1v) is 8.50. The number of nitrogens with zero attached hydrogens (tertiary/aromatic N) is 1. The Bertz CT molecular complexity index is 727. The predicted octanol–water partition coefficient (Wildman–Crippen LogP) is 1.95. The molecule has 3 N–H and O–H groups in total. The number of aryl methyl sites for hydroxylation is 1. The number of sulfonamides is 1. The van der Waals surface area contributed by atoms with Crippen LogP contribution in [0.4, 0.5) is 0 Å². The van der Waals surface area contributed by atoms with Crippen molar-refractivity contribution in [3.63, 3.8) is 0 Å². The fraction of sp³-hybridized carbons (Fsp3) is 0.400. The van der Waals surface area contributed by atoms with Crippen LogP contribution in [0.25, 0.3) is 10.9 Å². The van der Waals surface area contributed by atoms with Crippen LogP contribution in [0.1, 0.15) is 25.3 Å². The molecular formula is C15H21N3O2S. The molecule has 21 heavy (non-hydrogen) atoms. The highest BCUT2D eigenvalue weighted by molar-refractivity contribution is 7.89. The van der Waals surface area contributed by atoms with E-state index in [1.165, 1.54) is 0 Å². The highest BCUT2D eigenvalue weighted by Gasteiger charge is 2.17. The number of hydrogen-bond donors (Lipinski definition) is 2. The van der Waals surface area contributed by atoms with Crippen molar-refractivity contribution in [1.29, 1.82) is 0 Å². The summed E-state index contributed by atoms with van der Waals surface area (Å²) in [5, 5.41) is 0.650. The van der Waals surface area contributed by atoms with Crippen LogP contribution >= 0.6 is 0 Å². The monoisotopic (exact) mass is 307 g/mol. The van der Waals surface area contributed by atoms with Gasteiger partial charge in [-0.3, -0.25) is 4.98 Å². The number of rotatable bonds is 6. The van der Waals surface area contributed by atoms with Crippen LogP contribution in [0.15, 0.2) is 35.4 Å². The molecule has 1 aromatic heterocycles. The minimum Gasteiger partial charge on any atom is -0.328 e. The number of benzene rings is 1. The van der Waals surface area contributed by atoms with E-state index in [0.29, 0.717) is 11.9 Å². The largest absolute Gasteiger partial charge is 0.328 e. The van der Waals surface area contributed by atoms with Crippen LogP contribution in [-0.4, -0.2) is 26.0 Å². The van der Waals surface area contributed by atoms with E-state index in [9.17, 15) is 8.42 Å². The Kier molecular flexibility index (Phi) is 4.92. The number of fused-ring (bicyclic) bond motifs is 1. The Labute approximate surface area is 125 Å². The molecule has 2 aromatic rings. The molecule has 0 fully saturated rings. The third-order valence-corrected chi connectivity index (χ3v) is 4.87. The summed E-state index contributed by atoms with van der Waals surface area (Å²) in [7, 11) is -3.53. The fourth-order valence-electron chi connectivity index (χ4n) is 2.23. The van der Waals surface area contributed by atoms with Gasteiger partial charge in [0.1, 0.15) is 0 Å². The third-order valence-electron chi connectivity index (χ3n) is 3.35. The van der Waals surface area contributed by atoms with Crippen molar-refractivity contribution in [2.45, 2.75) is 37.6 Å². The van der Waals surface area contributed by atoms with E-state index < -0.39 is 10.0 Å². The zero-order chi connectivity index (χ0) is 15.5. The van der Waals surface area contributed by atoms with Crippen LogP contribution in [0.3, 0.4) is 0 Å². The summed E-state index contributed by atoms with van der Waals surface area (Å²) in [4.78, 5) is 4.54. The van der Waals surface area contributed by atoms with Gasteiger partial charge in [0.25, 0.3) is 0 Å². The molecule has 0 saturated carbocycles. The van der Waals surface area contributed by atoms with Gasteiger partial charge in [-0.2, -0.15) is 0 Å². The molecule has 1 aromatic carbocycles. The number of pyridine rings is 1. The lowest BCUT2D eigenvalue weighted by Gasteiger charge is -2.11. The first-order chi connectivity index (χ1) is 9.92. The number of hydrogen-bond acceptors (Lipinski definition) is 4. The quantitative estimate of drug-likeness (QED) is 0.799. The van der Waals surface area contributed by atoms with Gasteiger partial charge in [0.05, 0.1) is 10.4 Å². The van der Waals surface area contributed by atoms with E-state index >= 15 is 0 Å². The van der Waals surface area contributed by atoms with Crippen LogP contribution in [0.5, 0.6) is 0 Å². The fourth-order valence-corrected chi connectivity index (χ4v) is 3.50. The predicted molar refractivity (Wildman–Crippen MR) is 84.6 cm³/mol. The molecule has 0 aliphatic heterocycles. The van der Waals surface area contributed by atoms with E-state index in [1.54, 1.807) is 30.5 Å². The van der Waals surface area contributed by atoms with Crippen molar-refractivity contribution in [1.82, 2.24) is 9.71 Å². The van der Waals surface area contributed by atoms with Crippen molar-refractivity contribution < 1.29 is 8.42 Å². The number of aromatic nitrogens is 1. The minimum atomic E-state index is -3.53. The molecule has 5 nitrogen and oxygen atoms in total. The lowest BCUT2D eigenvalue weighted by molar-refractivity contribution is 0.568. The topological polar surface area (TPSA) is 85.1 Å². The molecule has 0 aliphatic rings. The molecule has 0 radical (unpaired) electrons. The second kappa shape index (κ2) is 6.51. The van der Waals surface area contributed by atoms with Gasteiger partial charge in [0.15, 0.2) is 0 Å². The normalized spacial score (nSPS) is 13.5. The van der Waals surface area contributed by atoms with Crippen LogP contribution in [0.2, 0.25) is 0 Å². The van der Waals surface area contributed by atoms with Gasteiger partial charge in [0.2, 0.25) is 10.0 Å². The van der Waals surface area contributed by atoms with Crippen LogP contribution in [0, 0.1) is 6.92 Å². The standard InChI is InChI=1S/C15H21N3O2S/c1-11-7-8-14(13-6-4-9-17-15(11)13)21(19,20)18-10-3-5-12(2)16/h4,6-9,12,18H,3,5,10,16H2,1-2H3. The second-order valence-corrected chi connectivity index (χ2v) is 7.03. The maximum atomic E-state index is 12.4. The molecule has 114 valence electrons. The maximum Gasteiger partial charge on any atom is 0.241 e. The molecule has 1 heterocycles. The van der Waals surface area contributed by atoms with Crippen molar-refractivity contribution in [3.05, 3.63) is 36.0 Å². The Hall–Kier alpha value is -1.50. The molecule has 0 amide bonds. The molecule has 0 bridgehead atoms. The summed E-state index contributed by atoms with van der Waals surface area (Å²) in [6.45, 7) is 4.22. The summed E-state index contributed by atoms with van der Waals surface area (Å²) < 4.78 is 27.5. The van der Waals surface area contributed by atoms with Crippen molar-refractivity contribution in [2.24, 2.45) is 5.73 Å². The maximum absolute atomic E-state index is 12.4. The van der Waals surface area contributed by atoms with E-state index in [4.69, 9.17) is 5.73 Å². The Morgan fingerprint density at radius 2 is 2.10 bits per heavy atom. The SMILES string of the molecule is Cc1ccc(S(=O)(=O)NCCCC(C)N)c2cccnc12. The van der Waals surface area contributed by atoms with E-state index in [2.05, 4.69) is 9.71 Å². The first kappa shape index (κ1) is 15.9. The van der Waals surface area contributed by atoms with Crippen LogP contribution < -0.4 is 10.5 Å². The Morgan fingerprint density at radius 3 is 2.81 bits per heavy atom. The summed E-state index contributed by atoms with van der Waals surface area (Å²) in [6.07, 6.45) is 3.18. The van der Waals surface area contributed by atoms with E-state index in [-0.39, 0.29) is 10.9 Å². The molecular weight excluding hydrogens is 286 g/mol. The molecule has 2 rings (SSSR count). The minimum absolute atomic E-state index is 0.0823. The summed E-state index contributed by atoms with van der Waals surface area (Å²) in [6, 6.07) is 7.03. The van der Waals surface area contributed by atoms with Gasteiger partial charge in [0, 0.05) is 24.2 Å². The zero-order valence-corrected chi connectivity index (χ0v) is 13.2. The first-order valence-electron chi connectivity index (χ1n) is 7.01. The lowest BCUT2D eigenvalue weighted by atomic mass is 10.1. The van der Waals surface area contributed by atoms with Gasteiger partial charge in [-0.15, -0.1) is 0 Å². The summed E-state index contributed by atoms with van der Waals surface area (Å²) in [5.41, 5.74) is 7.34. The second-order valence-electron chi connectivity index (χ2n) is 5.30. The van der Waals surface area contributed by atoms with Gasteiger partial charge >= 0.3 is 0 Å². The van der Waals surface area contributed by atoms with Crippen LogP contribution in [-0.2, 0) is 10.0 Å². The molecule has 0 aliphatic carbocycles. The molecule has 1 atom stereocenters. The van der Waals surface area contributed by atoms with Crippen molar-refractivity contribution >= 4 is 20.9 Å². The van der Waals surface area contributed by atoms with Gasteiger partial charge in [-0.25, -0.2) is 13.1 Å². The van der Waals surface area contributed by atoms with E-state index in [1.807, 2.05) is 13.8 Å². The lowest BCUT2D eigenvalue weighted by Crippen LogP contribution is -2.26. The Balaban J connectivity index is 2.26. The number of nitrogens with one attached hydrogen (secondary N) is 1. The van der Waals surface area contributed by atoms with Gasteiger partial charge < -0.3 is 5.73 Å². The molecule has 1 unspecified atom stereocenters. The average Bonchev–Trinajstić information content (AvgIpc) is 2.44. The Morgan fingerprint density at radius 1 is 1.33 bits per heavy atom. The molecule has 6 heteroatoms. The highest BCUT2D eigenvalue weighted by Crippen LogP contribution is 2.23. The zero-order valence-electron chi connectivity index (χ0n) is 12.3. The highest BCUT2D eigenvalue weighted by atomic mass is 32.2. The third kappa shape index (κ3) is 3.78. The van der Waals surface area contributed by atoms with E-state index in [0.717, 1.165) is 23.9 Å². The molecule has 0 spiro atoms. The van der Waals surface area contributed by atoms with Gasteiger partial charge in [-0.1, -0.05) is 6.07 Å². The summed E-state index contributed by atoms with van der Waals surface area (Å²) >= 11 is 0. The van der Waals surface area contributed by atoms with Crippen molar-refractivity contribution in [3.8, 4) is 0 Å². The summed E-state index contributed by atoms with van der Waals surface area (Å²) in [5.74, 6) is 0. The van der Waals surface area contributed by atoms with Crippen molar-refractivity contribution in [2.75, 3.05) is 6.54 Å². The smallest absolute Gasteiger partial charge is 0.241 e. The number of nitrogens with two attached hydrogens (primary N) is 1. The molecule has 0 saturated heterocycles. The van der Waals surface area contributed by atoms with Gasteiger partial charge in [-0.05, 0) is 50.5 Å². The average molecular weight is 307 g/mol.